The van der Waals surface area contributed by atoms with Gasteiger partial charge in [-0.3, -0.25) is 9.69 Å². The molecule has 0 unspecified atom stereocenters. The van der Waals surface area contributed by atoms with Gasteiger partial charge in [0.2, 0.25) is 0 Å². The second-order valence-corrected chi connectivity index (χ2v) is 7.39. The fourth-order valence-electron chi connectivity index (χ4n) is 1.90. The van der Waals surface area contributed by atoms with E-state index in [4.69, 9.17) is 5.11 Å². The van der Waals surface area contributed by atoms with Crippen LogP contribution in [0.1, 0.15) is 39.5 Å². The molecule has 0 aliphatic heterocycles. The minimum Gasteiger partial charge on any atom is -0.465 e. The Bertz CT molecular complexity index is 419. The molecule has 0 atom stereocenters. The first kappa shape index (κ1) is 14.9. The van der Waals surface area contributed by atoms with Crippen LogP contribution in [0.25, 0.3) is 0 Å². The summed E-state index contributed by atoms with van der Waals surface area (Å²) in [6.45, 7) is 3.06. The second kappa shape index (κ2) is 5.69. The molecule has 0 aromatic carbocycles. The highest BCUT2D eigenvalue weighted by atomic mass is 32.2. The Labute approximate surface area is 107 Å². The summed E-state index contributed by atoms with van der Waals surface area (Å²) in [5.74, 6) is -0.373. The van der Waals surface area contributed by atoms with Gasteiger partial charge in [-0.1, -0.05) is 0 Å². The summed E-state index contributed by atoms with van der Waals surface area (Å²) >= 11 is 0. The van der Waals surface area contributed by atoms with Gasteiger partial charge in [-0.05, 0) is 26.7 Å². The predicted octanol–water partition coefficient (Wildman–Crippen LogP) is 1.26. The Balaban J connectivity index is 2.78. The van der Waals surface area contributed by atoms with Crippen molar-refractivity contribution in [2.45, 2.75) is 50.8 Å². The highest BCUT2D eigenvalue weighted by Gasteiger charge is 2.32. The molecular weight excluding hydrogens is 258 g/mol. The van der Waals surface area contributed by atoms with E-state index in [0.29, 0.717) is 25.7 Å². The monoisotopic (exact) mass is 277 g/mol. The fourth-order valence-corrected chi connectivity index (χ4v) is 2.90. The third kappa shape index (κ3) is 3.69. The van der Waals surface area contributed by atoms with E-state index in [9.17, 15) is 18.0 Å². The topological polar surface area (TPSA) is 91.8 Å². The SMILES string of the molecule is CC(C)S(=O)(=O)CN(C(=O)O)C1CCC(=O)CC1. The smallest absolute Gasteiger partial charge is 0.408 e. The fraction of sp³-hybridized carbons (Fsp3) is 0.818. The van der Waals surface area contributed by atoms with Gasteiger partial charge in [0, 0.05) is 18.9 Å². The van der Waals surface area contributed by atoms with Gasteiger partial charge in [0.15, 0.2) is 9.84 Å². The zero-order chi connectivity index (χ0) is 13.9. The average molecular weight is 277 g/mol. The Morgan fingerprint density at radius 1 is 1.39 bits per heavy atom. The lowest BCUT2D eigenvalue weighted by Gasteiger charge is -2.31. The van der Waals surface area contributed by atoms with Gasteiger partial charge in [0.05, 0.1) is 5.25 Å². The van der Waals surface area contributed by atoms with Crippen molar-refractivity contribution >= 4 is 21.7 Å². The Hall–Kier alpha value is -1.11. The quantitative estimate of drug-likeness (QED) is 0.835. The van der Waals surface area contributed by atoms with Gasteiger partial charge in [-0.15, -0.1) is 0 Å². The maximum absolute atomic E-state index is 11.8. The summed E-state index contributed by atoms with van der Waals surface area (Å²) in [7, 11) is -3.45. The minimum atomic E-state index is -3.45. The van der Waals surface area contributed by atoms with E-state index in [1.54, 1.807) is 0 Å². The number of carbonyl (C=O) groups excluding carboxylic acids is 1. The van der Waals surface area contributed by atoms with Gasteiger partial charge < -0.3 is 5.11 Å². The summed E-state index contributed by atoms with van der Waals surface area (Å²) in [5.41, 5.74) is 0. The van der Waals surface area contributed by atoms with E-state index in [2.05, 4.69) is 0 Å². The number of amides is 1. The number of nitrogens with zero attached hydrogens (tertiary/aromatic N) is 1. The normalized spacial score (nSPS) is 18.1. The highest BCUT2D eigenvalue weighted by Crippen LogP contribution is 2.22. The summed E-state index contributed by atoms with van der Waals surface area (Å²) in [6, 6.07) is -0.367. The minimum absolute atomic E-state index is 0.114. The zero-order valence-corrected chi connectivity index (χ0v) is 11.4. The molecule has 0 spiro atoms. The molecule has 1 rings (SSSR count). The van der Waals surface area contributed by atoms with Crippen LogP contribution in [0.4, 0.5) is 4.79 Å². The zero-order valence-electron chi connectivity index (χ0n) is 10.6. The number of hydrogen-bond donors (Lipinski definition) is 1. The lowest BCUT2D eigenvalue weighted by molar-refractivity contribution is -0.121. The summed E-state index contributed by atoms with van der Waals surface area (Å²) in [5, 5.41) is 8.51. The first-order valence-corrected chi connectivity index (χ1v) is 7.68. The Morgan fingerprint density at radius 3 is 2.28 bits per heavy atom. The number of sulfone groups is 1. The van der Waals surface area contributed by atoms with Crippen molar-refractivity contribution in [1.29, 1.82) is 0 Å². The van der Waals surface area contributed by atoms with Gasteiger partial charge >= 0.3 is 6.09 Å². The van der Waals surface area contributed by atoms with Gasteiger partial charge in [0.25, 0.3) is 0 Å². The molecule has 0 aromatic rings. The van der Waals surface area contributed by atoms with Crippen molar-refractivity contribution in [2.75, 3.05) is 5.88 Å². The number of Topliss-reactive ketones (excluding diaryl/α,β-unsaturated/α-hetero) is 1. The van der Waals surface area contributed by atoms with Crippen LogP contribution in [0.5, 0.6) is 0 Å². The molecule has 0 radical (unpaired) electrons. The highest BCUT2D eigenvalue weighted by molar-refractivity contribution is 7.91. The first-order chi connectivity index (χ1) is 8.24. The molecule has 1 fully saturated rings. The lowest BCUT2D eigenvalue weighted by Crippen LogP contribution is -2.45. The summed E-state index contributed by atoms with van der Waals surface area (Å²) < 4.78 is 23.6. The number of rotatable bonds is 4. The molecule has 104 valence electrons. The summed E-state index contributed by atoms with van der Waals surface area (Å²) in [6.07, 6.45) is 0.252. The Morgan fingerprint density at radius 2 is 1.89 bits per heavy atom. The lowest BCUT2D eigenvalue weighted by atomic mass is 9.94. The number of carbonyl (C=O) groups is 2. The molecule has 1 aliphatic carbocycles. The van der Waals surface area contributed by atoms with Crippen LogP contribution >= 0.6 is 0 Å². The van der Waals surface area contributed by atoms with Crippen molar-refractivity contribution in [1.82, 2.24) is 4.90 Å². The molecule has 18 heavy (non-hydrogen) atoms. The van der Waals surface area contributed by atoms with Crippen molar-refractivity contribution in [2.24, 2.45) is 0 Å². The first-order valence-electron chi connectivity index (χ1n) is 5.97. The van der Waals surface area contributed by atoms with Crippen LogP contribution in [-0.4, -0.2) is 47.5 Å². The Kier molecular flexibility index (Phi) is 4.72. The molecule has 1 saturated carbocycles. The van der Waals surface area contributed by atoms with E-state index in [1.807, 2.05) is 0 Å². The van der Waals surface area contributed by atoms with Crippen LogP contribution in [-0.2, 0) is 14.6 Å². The third-order valence-electron chi connectivity index (χ3n) is 3.24. The van der Waals surface area contributed by atoms with Crippen LogP contribution in [0.15, 0.2) is 0 Å². The molecule has 7 heteroatoms. The van der Waals surface area contributed by atoms with Crippen LogP contribution < -0.4 is 0 Å². The van der Waals surface area contributed by atoms with Gasteiger partial charge in [-0.2, -0.15) is 0 Å². The number of carboxylic acid groups (broad SMARTS) is 1. The molecule has 0 saturated heterocycles. The largest absolute Gasteiger partial charge is 0.465 e. The van der Waals surface area contributed by atoms with Gasteiger partial charge in [0.1, 0.15) is 11.7 Å². The maximum atomic E-state index is 11.8. The van der Waals surface area contributed by atoms with Crippen molar-refractivity contribution in [3.8, 4) is 0 Å². The molecule has 0 bridgehead atoms. The van der Waals surface area contributed by atoms with Crippen molar-refractivity contribution in [3.05, 3.63) is 0 Å². The van der Waals surface area contributed by atoms with E-state index >= 15 is 0 Å². The molecule has 1 N–H and O–H groups in total. The summed E-state index contributed by atoms with van der Waals surface area (Å²) in [4.78, 5) is 23.2. The standard InChI is InChI=1S/C11H19NO5S/c1-8(2)18(16,17)7-12(11(14)15)9-3-5-10(13)6-4-9/h8-9H,3-7H2,1-2H3,(H,14,15). The van der Waals surface area contributed by atoms with Crippen LogP contribution in [0.2, 0.25) is 0 Å². The van der Waals surface area contributed by atoms with Gasteiger partial charge in [-0.25, -0.2) is 13.2 Å². The molecule has 1 amide bonds. The number of ketones is 1. The average Bonchev–Trinajstić information content (AvgIpc) is 2.27. The van der Waals surface area contributed by atoms with Crippen LogP contribution in [0.3, 0.4) is 0 Å². The van der Waals surface area contributed by atoms with Crippen molar-refractivity contribution < 1.29 is 23.1 Å². The van der Waals surface area contributed by atoms with E-state index in [1.165, 1.54) is 13.8 Å². The van der Waals surface area contributed by atoms with Crippen molar-refractivity contribution in [3.63, 3.8) is 0 Å². The molecule has 0 aromatic heterocycles. The molecule has 6 nitrogen and oxygen atoms in total. The van der Waals surface area contributed by atoms with Crippen LogP contribution in [0, 0.1) is 0 Å². The third-order valence-corrected chi connectivity index (χ3v) is 5.31. The second-order valence-electron chi connectivity index (χ2n) is 4.86. The molecule has 1 aliphatic rings. The van der Waals surface area contributed by atoms with E-state index < -0.39 is 27.1 Å². The molecular formula is C11H19NO5S. The molecule has 0 heterocycles. The van der Waals surface area contributed by atoms with E-state index in [0.717, 1.165) is 4.90 Å². The maximum Gasteiger partial charge on any atom is 0.408 e. The number of hydrogen-bond acceptors (Lipinski definition) is 4. The predicted molar refractivity (Wildman–Crippen MR) is 66.0 cm³/mol. The van der Waals surface area contributed by atoms with E-state index in [-0.39, 0.29) is 11.8 Å².